The third-order valence-corrected chi connectivity index (χ3v) is 6.39. The first-order valence-electron chi connectivity index (χ1n) is 8.26. The quantitative estimate of drug-likeness (QED) is 0.532. The number of likely N-dealkylation sites (N-methyl/N-ethyl adjacent to an activating group) is 1. The Balaban J connectivity index is 1.84. The number of sulfone groups is 1. The van der Waals surface area contributed by atoms with Gasteiger partial charge in [-0.15, -0.1) is 0 Å². The van der Waals surface area contributed by atoms with Gasteiger partial charge in [0.25, 0.3) is 11.8 Å². The maximum Gasteiger partial charge on any atom is 0.279 e. The van der Waals surface area contributed by atoms with Gasteiger partial charge in [0.2, 0.25) is 0 Å². The zero-order valence-corrected chi connectivity index (χ0v) is 16.8. The van der Waals surface area contributed by atoms with Gasteiger partial charge in [0, 0.05) is 10.5 Å². The minimum Gasteiger partial charge on any atom is -0.347 e. The molecular formula is C16H22BrFN3O4S+. The number of hydrogen-bond donors (Lipinski definition) is 3. The molecule has 26 heavy (non-hydrogen) atoms. The lowest BCUT2D eigenvalue weighted by Crippen LogP contribution is -3.14. The normalized spacial score (nSPS) is 19.7. The largest absolute Gasteiger partial charge is 0.347 e. The Hall–Kier alpha value is -1.52. The summed E-state index contributed by atoms with van der Waals surface area (Å²) in [5.74, 6) is -1.20. The fourth-order valence-electron chi connectivity index (χ4n) is 2.74. The van der Waals surface area contributed by atoms with Crippen LogP contribution in [-0.2, 0) is 19.4 Å². The molecule has 1 unspecified atom stereocenters. The number of nitrogens with one attached hydrogen (secondary N) is 3. The summed E-state index contributed by atoms with van der Waals surface area (Å²) in [6.45, 7) is 2.40. The first-order valence-corrected chi connectivity index (χ1v) is 10.9. The fourth-order valence-corrected chi connectivity index (χ4v) is 4.75. The first kappa shape index (κ1) is 20.8. The number of quaternary nitrogens is 1. The van der Waals surface area contributed by atoms with E-state index in [9.17, 15) is 22.4 Å². The Morgan fingerprint density at radius 1 is 1.31 bits per heavy atom. The van der Waals surface area contributed by atoms with Crippen molar-refractivity contribution >= 4 is 43.3 Å². The molecule has 1 aliphatic heterocycles. The van der Waals surface area contributed by atoms with Gasteiger partial charge in [0.05, 0.1) is 23.7 Å². The molecule has 1 fully saturated rings. The highest BCUT2D eigenvalue weighted by atomic mass is 79.9. The fraction of sp³-hybridized carbons (Fsp3) is 0.500. The Labute approximate surface area is 160 Å². The van der Waals surface area contributed by atoms with Crippen molar-refractivity contribution in [2.75, 3.05) is 36.5 Å². The van der Waals surface area contributed by atoms with Crippen molar-refractivity contribution in [3.63, 3.8) is 0 Å². The van der Waals surface area contributed by atoms with Gasteiger partial charge >= 0.3 is 0 Å². The summed E-state index contributed by atoms with van der Waals surface area (Å²) >= 11 is 3.14. The summed E-state index contributed by atoms with van der Waals surface area (Å²) in [4.78, 5) is 24.9. The Kier molecular flexibility index (Phi) is 7.13. The molecule has 1 aromatic carbocycles. The van der Waals surface area contributed by atoms with Crippen LogP contribution in [0.2, 0.25) is 0 Å². The molecule has 0 spiro atoms. The van der Waals surface area contributed by atoms with E-state index in [1.165, 1.54) is 12.1 Å². The van der Waals surface area contributed by atoms with E-state index in [0.717, 1.165) is 0 Å². The third kappa shape index (κ3) is 6.33. The van der Waals surface area contributed by atoms with Gasteiger partial charge in [-0.2, -0.15) is 0 Å². The molecule has 2 amide bonds. The van der Waals surface area contributed by atoms with E-state index in [0.29, 0.717) is 22.3 Å². The second kappa shape index (κ2) is 8.92. The number of carbonyl (C=O) groups excluding carboxylic acids is 2. The Morgan fingerprint density at radius 2 is 2.00 bits per heavy atom. The smallest absolute Gasteiger partial charge is 0.279 e. The van der Waals surface area contributed by atoms with Crippen LogP contribution in [0.4, 0.5) is 10.1 Å². The standard InChI is InChI=1S/C16H21BrFN3O4S/c1-2-21(8-15(22)19-12-5-6-26(24,25)10-12)9-16(23)20-14-4-3-11(17)7-13(14)18/h3-4,7,12H,2,5-6,8-10H2,1H3,(H,19,22)(H,20,23)/p+1/t12-/m1/s1. The number of anilines is 1. The van der Waals surface area contributed by atoms with Gasteiger partial charge < -0.3 is 15.5 Å². The van der Waals surface area contributed by atoms with Crippen molar-refractivity contribution in [1.82, 2.24) is 5.32 Å². The molecule has 0 bridgehead atoms. The molecule has 3 N–H and O–H groups in total. The number of carbonyl (C=O) groups is 2. The predicted octanol–water partition coefficient (Wildman–Crippen LogP) is -0.265. The van der Waals surface area contributed by atoms with Gasteiger partial charge in [-0.25, -0.2) is 12.8 Å². The van der Waals surface area contributed by atoms with E-state index in [1.54, 1.807) is 6.07 Å². The molecule has 1 aliphatic rings. The molecule has 1 saturated heterocycles. The maximum atomic E-state index is 13.8. The molecule has 1 aromatic rings. The Bertz CT molecular complexity index is 788. The van der Waals surface area contributed by atoms with Crippen molar-refractivity contribution in [2.24, 2.45) is 0 Å². The summed E-state index contributed by atoms with van der Waals surface area (Å²) in [6, 6.07) is 3.96. The topological polar surface area (TPSA) is 96.8 Å². The number of rotatable bonds is 7. The van der Waals surface area contributed by atoms with Gasteiger partial charge in [-0.1, -0.05) is 15.9 Å². The van der Waals surface area contributed by atoms with Gasteiger partial charge in [-0.3, -0.25) is 9.59 Å². The van der Waals surface area contributed by atoms with E-state index in [1.807, 2.05) is 6.92 Å². The van der Waals surface area contributed by atoms with Crippen molar-refractivity contribution < 1.29 is 27.3 Å². The highest BCUT2D eigenvalue weighted by Gasteiger charge is 2.29. The predicted molar refractivity (Wildman–Crippen MR) is 99.2 cm³/mol. The third-order valence-electron chi connectivity index (χ3n) is 4.12. The van der Waals surface area contributed by atoms with Gasteiger partial charge in [-0.05, 0) is 31.5 Å². The molecule has 0 radical (unpaired) electrons. The summed E-state index contributed by atoms with van der Waals surface area (Å²) in [6.07, 6.45) is 0.416. The number of halogens is 2. The highest BCUT2D eigenvalue weighted by Crippen LogP contribution is 2.19. The average molecular weight is 451 g/mol. The Morgan fingerprint density at radius 3 is 2.58 bits per heavy atom. The monoisotopic (exact) mass is 450 g/mol. The van der Waals surface area contributed by atoms with Crippen LogP contribution in [-0.4, -0.2) is 57.4 Å². The molecule has 7 nitrogen and oxygen atoms in total. The van der Waals surface area contributed by atoms with Crippen molar-refractivity contribution in [2.45, 2.75) is 19.4 Å². The summed E-state index contributed by atoms with van der Waals surface area (Å²) in [5.41, 5.74) is 0.0780. The molecule has 144 valence electrons. The summed E-state index contributed by atoms with van der Waals surface area (Å²) < 4.78 is 37.2. The second-order valence-corrected chi connectivity index (χ2v) is 9.44. The van der Waals surface area contributed by atoms with Crippen LogP contribution in [0.3, 0.4) is 0 Å². The van der Waals surface area contributed by atoms with Gasteiger partial charge in [0.15, 0.2) is 22.9 Å². The van der Waals surface area contributed by atoms with E-state index in [2.05, 4.69) is 26.6 Å². The lowest BCUT2D eigenvalue weighted by atomic mass is 10.2. The highest BCUT2D eigenvalue weighted by molar-refractivity contribution is 9.10. The molecule has 0 saturated carbocycles. The van der Waals surface area contributed by atoms with Crippen molar-refractivity contribution in [3.8, 4) is 0 Å². The molecular weight excluding hydrogens is 429 g/mol. The van der Waals surface area contributed by atoms with Crippen LogP contribution in [0, 0.1) is 5.82 Å². The van der Waals surface area contributed by atoms with Crippen LogP contribution in [0.1, 0.15) is 13.3 Å². The second-order valence-electron chi connectivity index (χ2n) is 6.30. The zero-order chi connectivity index (χ0) is 19.3. The average Bonchev–Trinajstić information content (AvgIpc) is 2.88. The molecule has 2 atom stereocenters. The minimum atomic E-state index is -3.06. The molecule has 10 heteroatoms. The molecule has 1 heterocycles. The van der Waals surface area contributed by atoms with E-state index < -0.39 is 21.6 Å². The lowest BCUT2D eigenvalue weighted by Gasteiger charge is -2.18. The SMILES string of the molecule is CC[NH+](CC(=O)Nc1ccc(Br)cc1F)CC(=O)N[C@@H]1CCS(=O)(=O)C1. The molecule has 2 rings (SSSR count). The van der Waals surface area contributed by atoms with Gasteiger partial charge in [0.1, 0.15) is 5.82 Å². The number of amides is 2. The maximum absolute atomic E-state index is 13.8. The van der Waals surface area contributed by atoms with E-state index >= 15 is 0 Å². The van der Waals surface area contributed by atoms with Crippen LogP contribution < -0.4 is 15.5 Å². The van der Waals surface area contributed by atoms with Crippen molar-refractivity contribution in [1.29, 1.82) is 0 Å². The van der Waals surface area contributed by atoms with Crippen molar-refractivity contribution in [3.05, 3.63) is 28.5 Å². The number of benzene rings is 1. The summed E-state index contributed by atoms with van der Waals surface area (Å²) in [5, 5.41) is 5.19. The summed E-state index contributed by atoms with van der Waals surface area (Å²) in [7, 11) is -3.06. The molecule has 0 aliphatic carbocycles. The van der Waals surface area contributed by atoms with Crippen LogP contribution in [0.5, 0.6) is 0 Å². The van der Waals surface area contributed by atoms with Crippen LogP contribution in [0.25, 0.3) is 0 Å². The lowest BCUT2D eigenvalue weighted by molar-refractivity contribution is -0.881. The zero-order valence-electron chi connectivity index (χ0n) is 14.3. The number of hydrogen-bond acceptors (Lipinski definition) is 4. The van der Waals surface area contributed by atoms with E-state index in [4.69, 9.17) is 0 Å². The minimum absolute atomic E-state index is 0.00237. The van der Waals surface area contributed by atoms with Crippen LogP contribution in [0.15, 0.2) is 22.7 Å². The van der Waals surface area contributed by atoms with Crippen LogP contribution >= 0.6 is 15.9 Å². The van der Waals surface area contributed by atoms with E-state index in [-0.39, 0.29) is 42.2 Å². The molecule has 0 aromatic heterocycles. The first-order chi connectivity index (χ1) is 12.2.